The summed E-state index contributed by atoms with van der Waals surface area (Å²) >= 11 is 0. The average molecular weight is 250 g/mol. The fraction of sp³-hybridized carbons (Fsp3) is 0.875. The molecule has 0 amide bonds. The van der Waals surface area contributed by atoms with Crippen LogP contribution in [0.4, 0.5) is 0 Å². The number of nitrogens with zero attached hydrogens (tertiary/aromatic N) is 1. The molecule has 2 fully saturated rings. The lowest BCUT2D eigenvalue weighted by Crippen LogP contribution is -2.30. The lowest BCUT2D eigenvalue weighted by Gasteiger charge is -2.22. The quantitative estimate of drug-likeness (QED) is 0.729. The first-order valence-corrected chi connectivity index (χ1v) is 7.77. The highest BCUT2D eigenvalue weighted by Gasteiger charge is 2.22. The molecule has 1 saturated carbocycles. The van der Waals surface area contributed by atoms with Gasteiger partial charge in [-0.2, -0.15) is 0 Å². The Morgan fingerprint density at radius 1 is 1.22 bits per heavy atom. The highest BCUT2D eigenvalue weighted by Crippen LogP contribution is 2.24. The molecule has 2 rings (SSSR count). The summed E-state index contributed by atoms with van der Waals surface area (Å²) in [6.45, 7) is 13.6. The molecule has 1 aliphatic heterocycles. The zero-order valence-electron chi connectivity index (χ0n) is 12.3. The summed E-state index contributed by atoms with van der Waals surface area (Å²) in [7, 11) is 0. The van der Waals surface area contributed by atoms with Gasteiger partial charge in [-0.1, -0.05) is 20.4 Å². The lowest BCUT2D eigenvalue weighted by molar-refractivity contribution is 0.289. The maximum absolute atomic E-state index is 4.23. The second-order valence-corrected chi connectivity index (χ2v) is 6.62. The van der Waals surface area contributed by atoms with Crippen LogP contribution in [0, 0.1) is 11.8 Å². The number of hydrogen-bond donors (Lipinski definition) is 1. The molecule has 0 aromatic carbocycles. The predicted octanol–water partition coefficient (Wildman–Crippen LogP) is 3.05. The van der Waals surface area contributed by atoms with Crippen molar-refractivity contribution in [1.29, 1.82) is 0 Å². The predicted molar refractivity (Wildman–Crippen MR) is 78.8 cm³/mol. The highest BCUT2D eigenvalue weighted by molar-refractivity contribution is 5.02. The van der Waals surface area contributed by atoms with Crippen LogP contribution in [0.15, 0.2) is 12.2 Å². The minimum Gasteiger partial charge on any atom is -0.310 e. The summed E-state index contributed by atoms with van der Waals surface area (Å²) in [5.41, 5.74) is 1.37. The summed E-state index contributed by atoms with van der Waals surface area (Å²) < 4.78 is 0. The molecule has 1 atom stereocenters. The molecule has 1 aliphatic carbocycles. The van der Waals surface area contributed by atoms with Gasteiger partial charge in [-0.15, -0.1) is 0 Å². The van der Waals surface area contributed by atoms with E-state index in [0.29, 0.717) is 0 Å². The molecule has 2 aliphatic rings. The summed E-state index contributed by atoms with van der Waals surface area (Å²) in [6, 6.07) is 0.802. The van der Waals surface area contributed by atoms with Crippen molar-refractivity contribution in [2.75, 3.05) is 26.2 Å². The van der Waals surface area contributed by atoms with E-state index in [2.05, 4.69) is 30.6 Å². The maximum Gasteiger partial charge on any atom is 0.0202 e. The van der Waals surface area contributed by atoms with Crippen molar-refractivity contribution in [3.8, 4) is 0 Å². The van der Waals surface area contributed by atoms with Gasteiger partial charge in [0.05, 0.1) is 0 Å². The van der Waals surface area contributed by atoms with Crippen molar-refractivity contribution in [2.24, 2.45) is 11.8 Å². The van der Waals surface area contributed by atoms with E-state index < -0.39 is 0 Å². The van der Waals surface area contributed by atoms with E-state index in [9.17, 15) is 0 Å². The van der Waals surface area contributed by atoms with E-state index in [4.69, 9.17) is 0 Å². The Labute approximate surface area is 113 Å². The molecule has 0 aromatic heterocycles. The van der Waals surface area contributed by atoms with Crippen molar-refractivity contribution in [1.82, 2.24) is 10.2 Å². The molecule has 18 heavy (non-hydrogen) atoms. The maximum atomic E-state index is 4.23. The Hall–Kier alpha value is -0.340. The van der Waals surface area contributed by atoms with E-state index in [1.165, 1.54) is 50.8 Å². The topological polar surface area (TPSA) is 15.3 Å². The van der Waals surface area contributed by atoms with Gasteiger partial charge < -0.3 is 5.32 Å². The molecule has 1 saturated heterocycles. The van der Waals surface area contributed by atoms with Crippen LogP contribution in [-0.2, 0) is 0 Å². The Morgan fingerprint density at radius 3 is 2.67 bits per heavy atom. The van der Waals surface area contributed by atoms with Crippen molar-refractivity contribution in [3.63, 3.8) is 0 Å². The molecule has 0 spiro atoms. The van der Waals surface area contributed by atoms with E-state index in [0.717, 1.165) is 31.0 Å². The smallest absolute Gasteiger partial charge is 0.0202 e. The van der Waals surface area contributed by atoms with Gasteiger partial charge in [-0.3, -0.25) is 4.90 Å². The van der Waals surface area contributed by atoms with Crippen LogP contribution in [0.25, 0.3) is 0 Å². The number of rotatable bonds is 6. The van der Waals surface area contributed by atoms with Crippen molar-refractivity contribution in [3.05, 3.63) is 12.2 Å². The molecule has 0 aromatic rings. The third-order valence-electron chi connectivity index (χ3n) is 4.47. The van der Waals surface area contributed by atoms with E-state index in [1.807, 2.05) is 0 Å². The SMILES string of the molecule is C=C(CNC1CC1)CN1CCCC(C(C)C)CC1. The van der Waals surface area contributed by atoms with Crippen LogP contribution < -0.4 is 5.32 Å². The van der Waals surface area contributed by atoms with Gasteiger partial charge in [0.25, 0.3) is 0 Å². The van der Waals surface area contributed by atoms with Crippen LogP contribution in [-0.4, -0.2) is 37.1 Å². The van der Waals surface area contributed by atoms with Crippen LogP contribution in [0.2, 0.25) is 0 Å². The third kappa shape index (κ3) is 4.74. The van der Waals surface area contributed by atoms with Crippen LogP contribution in [0.5, 0.6) is 0 Å². The Morgan fingerprint density at radius 2 is 2.00 bits per heavy atom. The van der Waals surface area contributed by atoms with Gasteiger partial charge in [0.2, 0.25) is 0 Å². The molecule has 0 radical (unpaired) electrons. The van der Waals surface area contributed by atoms with Gasteiger partial charge >= 0.3 is 0 Å². The van der Waals surface area contributed by atoms with Crippen molar-refractivity contribution in [2.45, 2.75) is 52.0 Å². The number of hydrogen-bond acceptors (Lipinski definition) is 2. The van der Waals surface area contributed by atoms with Crippen molar-refractivity contribution >= 4 is 0 Å². The van der Waals surface area contributed by atoms with Crippen LogP contribution in [0.1, 0.15) is 46.0 Å². The Balaban J connectivity index is 1.67. The van der Waals surface area contributed by atoms with E-state index in [1.54, 1.807) is 0 Å². The molecule has 2 heteroatoms. The van der Waals surface area contributed by atoms with Gasteiger partial charge in [-0.05, 0) is 62.6 Å². The van der Waals surface area contributed by atoms with Gasteiger partial charge in [0.15, 0.2) is 0 Å². The second-order valence-electron chi connectivity index (χ2n) is 6.62. The highest BCUT2D eigenvalue weighted by atomic mass is 15.1. The van der Waals surface area contributed by atoms with Gasteiger partial charge in [-0.25, -0.2) is 0 Å². The molecule has 0 bridgehead atoms. The molecule has 104 valence electrons. The van der Waals surface area contributed by atoms with Crippen LogP contribution in [0.3, 0.4) is 0 Å². The van der Waals surface area contributed by atoms with Crippen molar-refractivity contribution < 1.29 is 0 Å². The normalized spacial score (nSPS) is 26.3. The number of nitrogens with one attached hydrogen (secondary N) is 1. The first-order valence-electron chi connectivity index (χ1n) is 7.77. The molecule has 1 unspecified atom stereocenters. The fourth-order valence-electron chi connectivity index (χ4n) is 2.95. The molecule has 1 heterocycles. The zero-order chi connectivity index (χ0) is 13.0. The summed E-state index contributed by atoms with van der Waals surface area (Å²) in [5.74, 6) is 1.79. The summed E-state index contributed by atoms with van der Waals surface area (Å²) in [4.78, 5) is 2.61. The summed E-state index contributed by atoms with van der Waals surface area (Å²) in [6.07, 6.45) is 6.90. The first kappa shape index (κ1) is 14.1. The number of likely N-dealkylation sites (tertiary alicyclic amines) is 1. The van der Waals surface area contributed by atoms with E-state index >= 15 is 0 Å². The molecule has 2 nitrogen and oxygen atoms in total. The molecular weight excluding hydrogens is 220 g/mol. The minimum atomic E-state index is 0.802. The molecule has 1 N–H and O–H groups in total. The summed E-state index contributed by atoms with van der Waals surface area (Å²) in [5, 5.41) is 3.56. The monoisotopic (exact) mass is 250 g/mol. The van der Waals surface area contributed by atoms with Gasteiger partial charge in [0.1, 0.15) is 0 Å². The van der Waals surface area contributed by atoms with Gasteiger partial charge in [0, 0.05) is 19.1 Å². The fourth-order valence-corrected chi connectivity index (χ4v) is 2.95. The van der Waals surface area contributed by atoms with Crippen LogP contribution >= 0.6 is 0 Å². The Kier molecular flexibility index (Phi) is 5.25. The van der Waals surface area contributed by atoms with E-state index in [-0.39, 0.29) is 0 Å². The second kappa shape index (κ2) is 6.72. The molecular formula is C16H30N2. The lowest BCUT2D eigenvalue weighted by atomic mass is 9.89. The average Bonchev–Trinajstić information content (AvgIpc) is 3.13. The largest absolute Gasteiger partial charge is 0.310 e. The first-order chi connectivity index (χ1) is 8.65. The minimum absolute atomic E-state index is 0.802. The zero-order valence-corrected chi connectivity index (χ0v) is 12.3. The Bertz CT molecular complexity index is 268. The third-order valence-corrected chi connectivity index (χ3v) is 4.47. The standard InChI is InChI=1S/C16H30N2/c1-13(2)15-5-4-9-18(10-8-15)12-14(3)11-17-16-6-7-16/h13,15-17H,3-12H2,1-2H3.